The summed E-state index contributed by atoms with van der Waals surface area (Å²) in [6, 6.07) is 15.0. The van der Waals surface area contributed by atoms with E-state index in [4.69, 9.17) is 29.8 Å². The molecule has 2 aromatic carbocycles. The Balaban J connectivity index is 1.20. The van der Waals surface area contributed by atoms with Gasteiger partial charge in [-0.2, -0.15) is 0 Å². The van der Waals surface area contributed by atoms with E-state index in [1.54, 1.807) is 23.5 Å². The SMILES string of the molecule is COc1ccc(C[C@H](NC(=O)O[C@H]2CO[C@H]3OCC[C@H]32)[C@@H](O)CN(N)Cc2ccc(-c3nc(C(C)(C)C)cs3)cc2)cc1. The van der Waals surface area contributed by atoms with Gasteiger partial charge in [-0.25, -0.2) is 14.8 Å². The summed E-state index contributed by atoms with van der Waals surface area (Å²) in [6.07, 6.45) is -1.11. The molecule has 1 aromatic heterocycles. The smallest absolute Gasteiger partial charge is 0.407 e. The third-order valence-electron chi connectivity index (χ3n) is 7.91. The van der Waals surface area contributed by atoms with E-state index in [2.05, 4.69) is 31.5 Å². The summed E-state index contributed by atoms with van der Waals surface area (Å²) in [5.74, 6) is 7.12. The first kappa shape index (κ1) is 31.4. The average molecular weight is 611 g/mol. The fourth-order valence-corrected chi connectivity index (χ4v) is 6.39. The van der Waals surface area contributed by atoms with Gasteiger partial charge in [-0.05, 0) is 36.1 Å². The number of nitrogens with two attached hydrogens (primary N) is 1. The van der Waals surface area contributed by atoms with Crippen LogP contribution in [0.5, 0.6) is 5.75 Å². The number of aromatic nitrogens is 1. The van der Waals surface area contributed by atoms with E-state index in [1.165, 1.54) is 0 Å². The van der Waals surface area contributed by atoms with E-state index in [1.807, 2.05) is 48.5 Å². The summed E-state index contributed by atoms with van der Waals surface area (Å²) >= 11 is 1.64. The molecule has 10 nitrogen and oxygen atoms in total. The molecule has 3 aromatic rings. The monoisotopic (exact) mass is 610 g/mol. The summed E-state index contributed by atoms with van der Waals surface area (Å²) in [6.45, 7) is 7.91. The van der Waals surface area contributed by atoms with Gasteiger partial charge in [-0.3, -0.25) is 5.84 Å². The number of nitrogens with one attached hydrogen (secondary N) is 1. The van der Waals surface area contributed by atoms with Crippen molar-refractivity contribution in [3.05, 3.63) is 70.7 Å². The molecule has 0 unspecified atom stereocenters. The molecule has 3 heterocycles. The fourth-order valence-electron chi connectivity index (χ4n) is 5.34. The van der Waals surface area contributed by atoms with Gasteiger partial charge in [0.15, 0.2) is 6.29 Å². The summed E-state index contributed by atoms with van der Waals surface area (Å²) in [5, 5.41) is 18.8. The first-order chi connectivity index (χ1) is 20.6. The Kier molecular flexibility index (Phi) is 10.0. The zero-order chi connectivity index (χ0) is 30.6. The van der Waals surface area contributed by atoms with Crippen molar-refractivity contribution in [2.75, 3.05) is 26.9 Å². The number of methoxy groups -OCH3 is 1. The number of aliphatic hydroxyl groups is 1. The number of fused-ring (bicyclic) bond motifs is 1. The zero-order valence-electron chi connectivity index (χ0n) is 25.2. The van der Waals surface area contributed by atoms with Gasteiger partial charge in [0.25, 0.3) is 0 Å². The minimum Gasteiger partial charge on any atom is -0.497 e. The van der Waals surface area contributed by atoms with Crippen molar-refractivity contribution < 1.29 is 28.8 Å². The van der Waals surface area contributed by atoms with E-state index in [9.17, 15) is 9.90 Å². The standard InChI is InChI=1S/C32H42N4O6S/c1-32(2,3)28-19-43-29(35-28)22-9-5-21(6-10-22)16-36(33)17-26(37)25(15-20-7-11-23(39-4)12-8-20)34-31(38)42-27-18-41-30-24(27)13-14-40-30/h5-12,19,24-27,30,37H,13-18,33H2,1-4H3,(H,34,38)/t24-,25-,26-,27-,30+/m0/s1. The van der Waals surface area contributed by atoms with Gasteiger partial charge >= 0.3 is 6.09 Å². The van der Waals surface area contributed by atoms with E-state index >= 15 is 0 Å². The predicted molar refractivity (Wildman–Crippen MR) is 165 cm³/mol. The van der Waals surface area contributed by atoms with Crippen LogP contribution in [0, 0.1) is 5.92 Å². The maximum absolute atomic E-state index is 13.0. The Labute approximate surface area is 257 Å². The van der Waals surface area contributed by atoms with Crippen molar-refractivity contribution in [1.29, 1.82) is 0 Å². The second-order valence-electron chi connectivity index (χ2n) is 12.3. The van der Waals surface area contributed by atoms with Gasteiger partial charge in [0.2, 0.25) is 0 Å². The number of nitrogens with zero attached hydrogens (tertiary/aromatic N) is 2. The summed E-state index contributed by atoms with van der Waals surface area (Å²) < 4.78 is 22.1. The van der Waals surface area contributed by atoms with Crippen molar-refractivity contribution >= 4 is 17.4 Å². The average Bonchev–Trinajstić information content (AvgIpc) is 3.73. The Bertz CT molecular complexity index is 1340. The van der Waals surface area contributed by atoms with Gasteiger partial charge in [-0.1, -0.05) is 57.2 Å². The van der Waals surface area contributed by atoms with Crippen LogP contribution in [0.1, 0.15) is 44.0 Å². The van der Waals surface area contributed by atoms with Gasteiger partial charge in [0.1, 0.15) is 16.9 Å². The molecule has 2 aliphatic rings. The lowest BCUT2D eigenvalue weighted by molar-refractivity contribution is -0.0907. The molecule has 2 aliphatic heterocycles. The molecular formula is C32H42N4O6S. The third-order valence-corrected chi connectivity index (χ3v) is 8.80. The predicted octanol–water partition coefficient (Wildman–Crippen LogP) is 4.25. The molecule has 4 N–H and O–H groups in total. The number of ether oxygens (including phenoxy) is 4. The van der Waals surface area contributed by atoms with E-state index < -0.39 is 18.2 Å². The van der Waals surface area contributed by atoms with Crippen LogP contribution in [0.2, 0.25) is 0 Å². The van der Waals surface area contributed by atoms with Crippen LogP contribution in [-0.2, 0) is 32.6 Å². The van der Waals surface area contributed by atoms with Crippen LogP contribution in [0.3, 0.4) is 0 Å². The molecule has 43 heavy (non-hydrogen) atoms. The third kappa shape index (κ3) is 8.11. The second-order valence-corrected chi connectivity index (χ2v) is 13.1. The van der Waals surface area contributed by atoms with Crippen LogP contribution in [0.4, 0.5) is 4.79 Å². The number of carbonyl (C=O) groups is 1. The first-order valence-electron chi connectivity index (χ1n) is 14.7. The highest BCUT2D eigenvalue weighted by Gasteiger charge is 2.44. The number of hydrogen-bond acceptors (Lipinski definition) is 10. The maximum atomic E-state index is 13.0. The molecule has 5 rings (SSSR count). The molecule has 0 spiro atoms. The molecule has 2 saturated heterocycles. The number of benzene rings is 2. The lowest BCUT2D eigenvalue weighted by Crippen LogP contribution is -2.51. The summed E-state index contributed by atoms with van der Waals surface area (Å²) in [7, 11) is 1.61. The molecule has 11 heteroatoms. The lowest BCUT2D eigenvalue weighted by Gasteiger charge is -2.28. The maximum Gasteiger partial charge on any atom is 0.407 e. The van der Waals surface area contributed by atoms with Crippen molar-refractivity contribution in [2.45, 2.75) is 70.1 Å². The molecular weight excluding hydrogens is 568 g/mol. The highest BCUT2D eigenvalue weighted by atomic mass is 32.1. The van der Waals surface area contributed by atoms with Crippen LogP contribution in [-0.4, -0.2) is 72.6 Å². The minimum atomic E-state index is -0.965. The van der Waals surface area contributed by atoms with Crippen molar-refractivity contribution in [3.8, 4) is 16.3 Å². The Hall–Kier alpha value is -3.06. The number of thiazole rings is 1. The molecule has 232 valence electrons. The zero-order valence-corrected chi connectivity index (χ0v) is 26.0. The Morgan fingerprint density at radius 1 is 1.16 bits per heavy atom. The van der Waals surface area contributed by atoms with Crippen LogP contribution in [0.25, 0.3) is 10.6 Å². The van der Waals surface area contributed by atoms with Crippen molar-refractivity contribution in [2.24, 2.45) is 11.8 Å². The fraction of sp³-hybridized carbons (Fsp3) is 0.500. The van der Waals surface area contributed by atoms with Gasteiger partial charge in [0.05, 0.1) is 44.1 Å². The topological polar surface area (TPSA) is 128 Å². The second kappa shape index (κ2) is 13.7. The van der Waals surface area contributed by atoms with Crippen molar-refractivity contribution in [3.63, 3.8) is 0 Å². The van der Waals surface area contributed by atoms with E-state index in [0.29, 0.717) is 26.2 Å². The molecule has 0 radical (unpaired) electrons. The van der Waals surface area contributed by atoms with Crippen LogP contribution < -0.4 is 15.9 Å². The normalized spacial score (nSPS) is 21.4. The summed E-state index contributed by atoms with van der Waals surface area (Å²) in [5.41, 5.74) is 4.06. The Morgan fingerprint density at radius 3 is 2.56 bits per heavy atom. The number of alkyl carbamates (subject to hydrolysis) is 1. The van der Waals surface area contributed by atoms with Crippen molar-refractivity contribution in [1.82, 2.24) is 15.3 Å². The minimum absolute atomic E-state index is 0.00527. The van der Waals surface area contributed by atoms with Crippen LogP contribution in [0.15, 0.2) is 53.9 Å². The van der Waals surface area contributed by atoms with Gasteiger partial charge < -0.3 is 29.4 Å². The highest BCUT2D eigenvalue weighted by Crippen LogP contribution is 2.33. The van der Waals surface area contributed by atoms with E-state index in [0.717, 1.165) is 39.6 Å². The lowest BCUT2D eigenvalue weighted by atomic mass is 9.93. The number of hydrazine groups is 1. The number of carbonyl (C=O) groups excluding carboxylic acids is 1. The molecule has 2 fully saturated rings. The number of rotatable bonds is 11. The number of hydrogen-bond donors (Lipinski definition) is 3. The summed E-state index contributed by atoms with van der Waals surface area (Å²) in [4.78, 5) is 17.8. The first-order valence-corrected chi connectivity index (χ1v) is 15.5. The van der Waals surface area contributed by atoms with Gasteiger partial charge in [0, 0.05) is 29.4 Å². The molecule has 0 saturated carbocycles. The van der Waals surface area contributed by atoms with Gasteiger partial charge in [-0.15, -0.1) is 11.3 Å². The molecule has 0 bridgehead atoms. The molecule has 5 atom stereocenters. The number of aliphatic hydroxyl groups excluding tert-OH is 1. The quantitative estimate of drug-likeness (QED) is 0.216. The Morgan fingerprint density at radius 2 is 1.88 bits per heavy atom. The highest BCUT2D eigenvalue weighted by molar-refractivity contribution is 7.13. The molecule has 0 aliphatic carbocycles. The molecule has 1 amide bonds. The van der Waals surface area contributed by atoms with Crippen LogP contribution >= 0.6 is 11.3 Å². The largest absolute Gasteiger partial charge is 0.497 e. The number of amides is 1. The van der Waals surface area contributed by atoms with E-state index in [-0.39, 0.29) is 30.3 Å².